The van der Waals surface area contributed by atoms with Crippen molar-refractivity contribution < 1.29 is 5.11 Å². The fraction of sp³-hybridized carbons (Fsp3) is 1.00. The molecular weight excluding hydrogens is 138 g/mol. The van der Waals surface area contributed by atoms with Gasteiger partial charge in [0, 0.05) is 6.04 Å². The zero-order valence-corrected chi connectivity index (χ0v) is 6.23. The van der Waals surface area contributed by atoms with Gasteiger partial charge in [-0.05, 0) is 12.3 Å². The number of nitrogens with two attached hydrogens (primary N) is 1. The lowest BCUT2D eigenvalue weighted by Gasteiger charge is -2.03. The Hall–Kier alpha value is 0.210. The highest BCUT2D eigenvalue weighted by molar-refractivity contribution is 5.85. The van der Waals surface area contributed by atoms with Gasteiger partial charge in [-0.1, -0.05) is 12.8 Å². The van der Waals surface area contributed by atoms with Crippen molar-refractivity contribution in [3.63, 3.8) is 0 Å². The molecule has 0 unspecified atom stereocenters. The van der Waals surface area contributed by atoms with Crippen LogP contribution in [0.25, 0.3) is 0 Å². The summed E-state index contributed by atoms with van der Waals surface area (Å²) in [6, 6.07) is 0.0440. The highest BCUT2D eigenvalue weighted by atomic mass is 35.5. The van der Waals surface area contributed by atoms with Gasteiger partial charge >= 0.3 is 0 Å². The van der Waals surface area contributed by atoms with E-state index in [-0.39, 0.29) is 25.1 Å². The van der Waals surface area contributed by atoms with Gasteiger partial charge in [-0.2, -0.15) is 0 Å². The van der Waals surface area contributed by atoms with Gasteiger partial charge < -0.3 is 10.8 Å². The van der Waals surface area contributed by atoms with Crippen molar-refractivity contribution in [3.8, 4) is 0 Å². The molecule has 0 aromatic heterocycles. The Morgan fingerprint density at radius 1 is 1.56 bits per heavy atom. The molecule has 1 saturated carbocycles. The van der Waals surface area contributed by atoms with Crippen molar-refractivity contribution in [3.05, 3.63) is 0 Å². The summed E-state index contributed by atoms with van der Waals surface area (Å²) in [7, 11) is 0. The van der Waals surface area contributed by atoms with E-state index in [0.29, 0.717) is 0 Å². The van der Waals surface area contributed by atoms with Gasteiger partial charge in [0.25, 0.3) is 0 Å². The fourth-order valence-electron chi connectivity index (χ4n) is 0.856. The van der Waals surface area contributed by atoms with Crippen LogP contribution in [0, 0.1) is 5.92 Å². The second-order valence-corrected chi connectivity index (χ2v) is 2.62. The summed E-state index contributed by atoms with van der Waals surface area (Å²) in [6.45, 7) is 0.149. The van der Waals surface area contributed by atoms with E-state index in [0.717, 1.165) is 12.3 Å². The Kier molecular flexibility index (Phi) is 4.19. The molecule has 1 fully saturated rings. The first kappa shape index (κ1) is 9.21. The Morgan fingerprint density at radius 2 is 2.11 bits per heavy atom. The smallest absolute Gasteiger partial charge is 0.0582 e. The maximum atomic E-state index is 8.49. The number of hydrogen-bond donors (Lipinski definition) is 2. The molecule has 0 heterocycles. The number of aliphatic hydroxyl groups is 1. The van der Waals surface area contributed by atoms with Crippen LogP contribution in [-0.4, -0.2) is 17.8 Å². The monoisotopic (exact) mass is 151 g/mol. The Morgan fingerprint density at radius 3 is 2.44 bits per heavy atom. The van der Waals surface area contributed by atoms with Gasteiger partial charge in [-0.3, -0.25) is 0 Å². The van der Waals surface area contributed by atoms with Crippen LogP contribution in [0.15, 0.2) is 0 Å². The van der Waals surface area contributed by atoms with Crippen molar-refractivity contribution in [1.29, 1.82) is 0 Å². The lowest BCUT2D eigenvalue weighted by molar-refractivity contribution is 0.256. The predicted molar refractivity (Wildman–Crippen MR) is 39.7 cm³/mol. The Labute approximate surface area is 61.8 Å². The first-order chi connectivity index (χ1) is 3.83. The van der Waals surface area contributed by atoms with Crippen molar-refractivity contribution >= 4 is 12.4 Å². The average Bonchev–Trinajstić information content (AvgIpc) is 2.50. The molecule has 0 spiro atoms. The van der Waals surface area contributed by atoms with Crippen LogP contribution in [-0.2, 0) is 0 Å². The van der Waals surface area contributed by atoms with Gasteiger partial charge in [-0.25, -0.2) is 0 Å². The largest absolute Gasteiger partial charge is 0.395 e. The maximum Gasteiger partial charge on any atom is 0.0582 e. The zero-order chi connectivity index (χ0) is 5.98. The van der Waals surface area contributed by atoms with Gasteiger partial charge in [0.2, 0.25) is 0 Å². The molecule has 0 aliphatic heterocycles. The molecule has 0 radical (unpaired) electrons. The Balaban J connectivity index is 0.000000640. The SMILES string of the molecule is Cl.N[C@H](CO)CC1CC1. The molecule has 1 rings (SSSR count). The zero-order valence-electron chi connectivity index (χ0n) is 5.42. The third-order valence-electron chi connectivity index (χ3n) is 1.57. The normalized spacial score (nSPS) is 20.7. The van der Waals surface area contributed by atoms with Crippen LogP contribution in [0.5, 0.6) is 0 Å². The van der Waals surface area contributed by atoms with Crippen molar-refractivity contribution in [2.75, 3.05) is 6.61 Å². The molecule has 1 aliphatic rings. The first-order valence-corrected chi connectivity index (χ1v) is 3.19. The molecule has 1 aliphatic carbocycles. The summed E-state index contributed by atoms with van der Waals surface area (Å²) in [4.78, 5) is 0. The average molecular weight is 152 g/mol. The van der Waals surface area contributed by atoms with E-state index in [9.17, 15) is 0 Å². The third-order valence-corrected chi connectivity index (χ3v) is 1.57. The van der Waals surface area contributed by atoms with Gasteiger partial charge in [-0.15, -0.1) is 12.4 Å². The van der Waals surface area contributed by atoms with Gasteiger partial charge in [0.1, 0.15) is 0 Å². The molecule has 0 aromatic rings. The van der Waals surface area contributed by atoms with Crippen LogP contribution in [0.4, 0.5) is 0 Å². The molecule has 2 nitrogen and oxygen atoms in total. The van der Waals surface area contributed by atoms with E-state index in [1.54, 1.807) is 0 Å². The summed E-state index contributed by atoms with van der Waals surface area (Å²) >= 11 is 0. The molecule has 3 heteroatoms. The van der Waals surface area contributed by atoms with Crippen LogP contribution in [0.3, 0.4) is 0 Å². The number of aliphatic hydroxyl groups excluding tert-OH is 1. The van der Waals surface area contributed by atoms with E-state index >= 15 is 0 Å². The summed E-state index contributed by atoms with van der Waals surface area (Å²) in [5.74, 6) is 0.845. The van der Waals surface area contributed by atoms with E-state index in [2.05, 4.69) is 0 Å². The summed E-state index contributed by atoms with van der Waals surface area (Å²) in [5, 5.41) is 8.49. The highest BCUT2D eigenvalue weighted by Crippen LogP contribution is 2.32. The lowest BCUT2D eigenvalue weighted by Crippen LogP contribution is -2.24. The molecule has 0 amide bonds. The minimum absolute atomic E-state index is 0. The molecular formula is C6H14ClNO. The molecule has 1 atom stereocenters. The molecule has 9 heavy (non-hydrogen) atoms. The van der Waals surface area contributed by atoms with E-state index in [1.807, 2.05) is 0 Å². The van der Waals surface area contributed by atoms with E-state index in [1.165, 1.54) is 12.8 Å². The van der Waals surface area contributed by atoms with Crippen molar-refractivity contribution in [2.45, 2.75) is 25.3 Å². The number of rotatable bonds is 3. The molecule has 0 bridgehead atoms. The van der Waals surface area contributed by atoms with E-state index < -0.39 is 0 Å². The third kappa shape index (κ3) is 3.73. The van der Waals surface area contributed by atoms with Crippen molar-refractivity contribution in [1.82, 2.24) is 0 Å². The van der Waals surface area contributed by atoms with Crippen LogP contribution < -0.4 is 5.73 Å². The van der Waals surface area contributed by atoms with Gasteiger partial charge in [0.05, 0.1) is 6.61 Å². The molecule has 56 valence electrons. The number of halogens is 1. The summed E-state index contributed by atoms with van der Waals surface area (Å²) in [5.41, 5.74) is 5.46. The van der Waals surface area contributed by atoms with Crippen molar-refractivity contribution in [2.24, 2.45) is 11.7 Å². The number of hydrogen-bond acceptors (Lipinski definition) is 2. The van der Waals surface area contributed by atoms with E-state index in [4.69, 9.17) is 10.8 Å². The molecule has 3 N–H and O–H groups in total. The highest BCUT2D eigenvalue weighted by Gasteiger charge is 2.23. The lowest BCUT2D eigenvalue weighted by atomic mass is 10.2. The topological polar surface area (TPSA) is 46.2 Å². The van der Waals surface area contributed by atoms with Gasteiger partial charge in [0.15, 0.2) is 0 Å². The second kappa shape index (κ2) is 4.09. The van der Waals surface area contributed by atoms with Crippen LogP contribution in [0.1, 0.15) is 19.3 Å². The standard InChI is InChI=1S/C6H13NO.ClH/c7-6(4-8)3-5-1-2-5;/h5-6,8H,1-4,7H2;1H/t6-;/m0./s1. The fourth-order valence-corrected chi connectivity index (χ4v) is 0.856. The molecule has 0 saturated heterocycles. The Bertz CT molecular complexity index is 75.5. The van der Waals surface area contributed by atoms with Crippen LogP contribution >= 0.6 is 12.4 Å². The summed E-state index contributed by atoms with van der Waals surface area (Å²) in [6.07, 6.45) is 3.68. The quantitative estimate of drug-likeness (QED) is 0.618. The minimum Gasteiger partial charge on any atom is -0.395 e. The second-order valence-electron chi connectivity index (χ2n) is 2.62. The maximum absolute atomic E-state index is 8.49. The van der Waals surface area contributed by atoms with Crippen LogP contribution in [0.2, 0.25) is 0 Å². The minimum atomic E-state index is 0. The summed E-state index contributed by atoms with van der Waals surface area (Å²) < 4.78 is 0. The first-order valence-electron chi connectivity index (χ1n) is 3.19. The predicted octanol–water partition coefficient (Wildman–Crippen LogP) is 0.528. The molecule has 0 aromatic carbocycles.